The summed E-state index contributed by atoms with van der Waals surface area (Å²) in [6.07, 6.45) is -1.82. The Morgan fingerprint density at radius 3 is 1.74 bits per heavy atom. The number of hydrogen-bond donors (Lipinski definition) is 8. The van der Waals surface area contributed by atoms with Crippen molar-refractivity contribution in [3.63, 3.8) is 0 Å². The topological polar surface area (TPSA) is 245 Å². The van der Waals surface area contributed by atoms with Crippen molar-refractivity contribution in [1.82, 2.24) is 16.0 Å². The second-order valence-corrected chi connectivity index (χ2v) is 7.20. The van der Waals surface area contributed by atoms with Crippen LogP contribution in [0.3, 0.4) is 0 Å². The van der Waals surface area contributed by atoms with E-state index in [1.54, 1.807) is 30.3 Å². The maximum Gasteiger partial charge on any atom is 0.328 e. The van der Waals surface area contributed by atoms with Gasteiger partial charge in [-0.25, -0.2) is 4.79 Å². The SMILES string of the molecule is NC(CC(=O)O)C(=O)NC(CC(=O)O)C(=O)NC(Cc1ccccc1)C(=O)NC(CO)C(=O)O. The number of carbonyl (C=O) groups excluding carboxylic acids is 3. The van der Waals surface area contributed by atoms with Crippen LogP contribution in [-0.4, -0.2) is 86.8 Å². The van der Waals surface area contributed by atoms with E-state index in [0.717, 1.165) is 0 Å². The van der Waals surface area contributed by atoms with Gasteiger partial charge in [-0.3, -0.25) is 24.0 Å². The molecule has 9 N–H and O–H groups in total. The van der Waals surface area contributed by atoms with Crippen LogP contribution in [0.4, 0.5) is 0 Å². The summed E-state index contributed by atoms with van der Waals surface area (Å²) in [7, 11) is 0. The minimum atomic E-state index is -1.72. The number of aliphatic carboxylic acids is 3. The Labute approximate surface area is 193 Å². The molecular weight excluding hydrogens is 456 g/mol. The number of nitrogens with one attached hydrogen (secondary N) is 3. The number of aliphatic hydroxyl groups is 1. The van der Waals surface area contributed by atoms with E-state index >= 15 is 0 Å². The lowest BCUT2D eigenvalue weighted by Gasteiger charge is -2.24. The van der Waals surface area contributed by atoms with E-state index < -0.39 is 79.2 Å². The van der Waals surface area contributed by atoms with E-state index in [4.69, 9.17) is 26.2 Å². The largest absolute Gasteiger partial charge is 0.481 e. The van der Waals surface area contributed by atoms with E-state index in [0.29, 0.717) is 5.56 Å². The lowest BCUT2D eigenvalue weighted by molar-refractivity contribution is -0.144. The highest BCUT2D eigenvalue weighted by Crippen LogP contribution is 2.06. The van der Waals surface area contributed by atoms with E-state index in [2.05, 4.69) is 10.6 Å². The van der Waals surface area contributed by atoms with Crippen molar-refractivity contribution in [2.75, 3.05) is 6.61 Å². The molecule has 186 valence electrons. The van der Waals surface area contributed by atoms with Gasteiger partial charge in [0.25, 0.3) is 0 Å². The molecule has 4 atom stereocenters. The molecule has 1 rings (SSSR count). The average Bonchev–Trinajstić information content (AvgIpc) is 2.75. The van der Waals surface area contributed by atoms with Crippen LogP contribution in [0.1, 0.15) is 18.4 Å². The zero-order valence-electron chi connectivity index (χ0n) is 17.8. The van der Waals surface area contributed by atoms with Gasteiger partial charge in [-0.05, 0) is 5.56 Å². The van der Waals surface area contributed by atoms with Gasteiger partial charge in [-0.15, -0.1) is 0 Å². The van der Waals surface area contributed by atoms with E-state index in [1.165, 1.54) is 0 Å². The van der Waals surface area contributed by atoms with Gasteiger partial charge in [0.1, 0.15) is 18.1 Å². The summed E-state index contributed by atoms with van der Waals surface area (Å²) in [5, 5.41) is 42.4. The van der Waals surface area contributed by atoms with Crippen LogP contribution in [0.2, 0.25) is 0 Å². The zero-order valence-corrected chi connectivity index (χ0v) is 17.8. The molecule has 0 aliphatic heterocycles. The van der Waals surface area contributed by atoms with Crippen molar-refractivity contribution in [2.45, 2.75) is 43.4 Å². The lowest BCUT2D eigenvalue weighted by atomic mass is 10.0. The van der Waals surface area contributed by atoms with Gasteiger partial charge in [0, 0.05) is 6.42 Å². The fourth-order valence-electron chi connectivity index (χ4n) is 2.73. The highest BCUT2D eigenvalue weighted by Gasteiger charge is 2.31. The first kappa shape index (κ1) is 28.0. The van der Waals surface area contributed by atoms with Crippen LogP contribution in [0, 0.1) is 0 Å². The lowest BCUT2D eigenvalue weighted by Crippen LogP contribution is -2.58. The molecule has 0 aliphatic rings. The monoisotopic (exact) mass is 482 g/mol. The Hall–Kier alpha value is -4.04. The maximum absolute atomic E-state index is 12.8. The van der Waals surface area contributed by atoms with Gasteiger partial charge < -0.3 is 42.1 Å². The van der Waals surface area contributed by atoms with E-state index in [1.807, 2.05) is 5.32 Å². The highest BCUT2D eigenvalue weighted by atomic mass is 16.4. The van der Waals surface area contributed by atoms with E-state index in [-0.39, 0.29) is 6.42 Å². The number of hydrogen-bond acceptors (Lipinski definition) is 8. The van der Waals surface area contributed by atoms with Crippen LogP contribution in [-0.2, 0) is 35.2 Å². The van der Waals surface area contributed by atoms with Crippen molar-refractivity contribution < 1.29 is 49.2 Å². The Bertz CT molecular complexity index is 908. The Morgan fingerprint density at radius 1 is 0.735 bits per heavy atom. The van der Waals surface area contributed by atoms with Crippen molar-refractivity contribution in [3.05, 3.63) is 35.9 Å². The molecule has 0 fully saturated rings. The van der Waals surface area contributed by atoms with Gasteiger partial charge in [0.15, 0.2) is 0 Å². The second kappa shape index (κ2) is 13.5. The number of benzene rings is 1. The second-order valence-electron chi connectivity index (χ2n) is 7.20. The van der Waals surface area contributed by atoms with Crippen LogP contribution in [0.5, 0.6) is 0 Å². The summed E-state index contributed by atoms with van der Waals surface area (Å²) in [4.78, 5) is 70.6. The summed E-state index contributed by atoms with van der Waals surface area (Å²) < 4.78 is 0. The minimum absolute atomic E-state index is 0.136. The Morgan fingerprint density at radius 2 is 1.24 bits per heavy atom. The van der Waals surface area contributed by atoms with Gasteiger partial charge in [0.2, 0.25) is 17.7 Å². The molecule has 4 unspecified atom stereocenters. The molecule has 34 heavy (non-hydrogen) atoms. The maximum atomic E-state index is 12.8. The molecule has 0 spiro atoms. The Balaban J connectivity index is 3.09. The number of rotatable bonds is 14. The van der Waals surface area contributed by atoms with Crippen LogP contribution in [0.15, 0.2) is 30.3 Å². The fraction of sp³-hybridized carbons (Fsp3) is 0.400. The number of carbonyl (C=O) groups is 6. The molecule has 0 heterocycles. The number of aliphatic hydroxyl groups excluding tert-OH is 1. The van der Waals surface area contributed by atoms with Crippen molar-refractivity contribution in [1.29, 1.82) is 0 Å². The first-order chi connectivity index (χ1) is 15.9. The van der Waals surface area contributed by atoms with Gasteiger partial charge in [-0.1, -0.05) is 30.3 Å². The summed E-state index contributed by atoms with van der Waals surface area (Å²) in [6, 6.07) is 1.88. The minimum Gasteiger partial charge on any atom is -0.481 e. The van der Waals surface area contributed by atoms with E-state index in [9.17, 15) is 28.8 Å². The average molecular weight is 482 g/mol. The summed E-state index contributed by atoms with van der Waals surface area (Å²) in [5.74, 6) is -7.59. The summed E-state index contributed by atoms with van der Waals surface area (Å²) >= 11 is 0. The smallest absolute Gasteiger partial charge is 0.328 e. The normalized spacial score (nSPS) is 14.1. The molecule has 3 amide bonds. The Kier molecular flexibility index (Phi) is 11.1. The molecule has 14 heteroatoms. The molecule has 1 aromatic carbocycles. The highest BCUT2D eigenvalue weighted by molar-refractivity contribution is 5.96. The van der Waals surface area contributed by atoms with Crippen LogP contribution in [0.25, 0.3) is 0 Å². The van der Waals surface area contributed by atoms with Crippen molar-refractivity contribution in [2.24, 2.45) is 5.73 Å². The standard InChI is InChI=1S/C20H26N4O10/c21-11(7-15(26)27)17(30)22-13(8-16(28)29)19(32)23-12(6-10-4-2-1-3-5-10)18(31)24-14(9-25)20(33)34/h1-5,11-14,25H,6-9,21H2,(H,22,30)(H,23,32)(H,24,31)(H,26,27)(H,28,29)(H,33,34). The molecule has 0 radical (unpaired) electrons. The first-order valence-corrected chi connectivity index (χ1v) is 9.92. The number of carboxylic acids is 3. The summed E-state index contributed by atoms with van der Waals surface area (Å²) in [5.41, 5.74) is 5.99. The van der Waals surface area contributed by atoms with Crippen LogP contribution >= 0.6 is 0 Å². The van der Waals surface area contributed by atoms with Crippen molar-refractivity contribution >= 4 is 35.6 Å². The molecule has 0 saturated heterocycles. The summed E-state index contributed by atoms with van der Waals surface area (Å²) in [6.45, 7) is -0.924. The predicted molar refractivity (Wildman–Crippen MR) is 113 cm³/mol. The third-order valence-electron chi connectivity index (χ3n) is 4.46. The third-order valence-corrected chi connectivity index (χ3v) is 4.46. The van der Waals surface area contributed by atoms with Crippen LogP contribution < -0.4 is 21.7 Å². The molecule has 0 aliphatic carbocycles. The molecule has 0 saturated carbocycles. The number of nitrogens with two attached hydrogens (primary N) is 1. The number of carboxylic acid groups (broad SMARTS) is 3. The molecule has 14 nitrogen and oxygen atoms in total. The number of amides is 3. The third kappa shape index (κ3) is 9.62. The fourth-order valence-corrected chi connectivity index (χ4v) is 2.73. The molecule has 1 aromatic rings. The van der Waals surface area contributed by atoms with Gasteiger partial charge in [0.05, 0.1) is 25.5 Å². The molecular formula is C20H26N4O10. The molecule has 0 aromatic heterocycles. The van der Waals surface area contributed by atoms with Gasteiger partial charge >= 0.3 is 17.9 Å². The first-order valence-electron chi connectivity index (χ1n) is 9.92. The van der Waals surface area contributed by atoms with Crippen molar-refractivity contribution in [3.8, 4) is 0 Å². The quantitative estimate of drug-likeness (QED) is 0.133. The zero-order chi connectivity index (χ0) is 25.8. The predicted octanol–water partition coefficient (Wildman–Crippen LogP) is -2.96. The molecule has 0 bridgehead atoms. The van der Waals surface area contributed by atoms with Gasteiger partial charge in [-0.2, -0.15) is 0 Å².